The SMILES string of the molecule is CS(=O)(=O)c1ccc(Cl)c(C(=O)Nc2cccc(-c3nnnn3C3CC3)c2)c1. The smallest absolute Gasteiger partial charge is 0.257 e. The summed E-state index contributed by atoms with van der Waals surface area (Å²) in [4.78, 5) is 12.7. The van der Waals surface area contributed by atoms with E-state index in [2.05, 4.69) is 20.8 Å². The zero-order valence-electron chi connectivity index (χ0n) is 14.8. The number of nitrogens with zero attached hydrogens (tertiary/aromatic N) is 4. The fourth-order valence-electron chi connectivity index (χ4n) is 2.79. The van der Waals surface area contributed by atoms with E-state index in [4.69, 9.17) is 11.6 Å². The number of hydrogen-bond donors (Lipinski definition) is 1. The molecule has 0 radical (unpaired) electrons. The van der Waals surface area contributed by atoms with E-state index in [9.17, 15) is 13.2 Å². The maximum atomic E-state index is 12.7. The standard InChI is InChI=1S/C18H16ClN5O3S/c1-28(26,27)14-7-8-16(19)15(10-14)18(25)20-12-4-2-3-11(9-12)17-21-22-23-24(17)13-5-6-13/h2-4,7-10,13H,5-6H2,1H3,(H,20,25). The largest absolute Gasteiger partial charge is 0.322 e. The molecule has 1 aliphatic carbocycles. The Morgan fingerprint density at radius 1 is 1.21 bits per heavy atom. The molecule has 1 amide bonds. The number of aromatic nitrogens is 4. The third-order valence-electron chi connectivity index (χ3n) is 4.37. The summed E-state index contributed by atoms with van der Waals surface area (Å²) in [5.74, 6) is 0.130. The van der Waals surface area contributed by atoms with Crippen molar-refractivity contribution in [1.29, 1.82) is 0 Å². The van der Waals surface area contributed by atoms with Crippen LogP contribution in [0.4, 0.5) is 5.69 Å². The van der Waals surface area contributed by atoms with Gasteiger partial charge in [0.05, 0.1) is 21.5 Å². The highest BCUT2D eigenvalue weighted by molar-refractivity contribution is 7.90. The molecule has 0 unspecified atom stereocenters. The summed E-state index contributed by atoms with van der Waals surface area (Å²) in [6.07, 6.45) is 3.17. The Kier molecular flexibility index (Phi) is 4.64. The fraction of sp³-hybridized carbons (Fsp3) is 0.222. The second kappa shape index (κ2) is 6.99. The van der Waals surface area contributed by atoms with E-state index in [1.54, 1.807) is 22.9 Å². The number of benzene rings is 2. The van der Waals surface area contributed by atoms with Crippen LogP contribution in [0.25, 0.3) is 11.4 Å². The van der Waals surface area contributed by atoms with Crippen molar-refractivity contribution in [2.75, 3.05) is 11.6 Å². The van der Waals surface area contributed by atoms with Gasteiger partial charge in [-0.3, -0.25) is 4.79 Å². The van der Waals surface area contributed by atoms with Gasteiger partial charge in [0.1, 0.15) is 0 Å². The predicted molar refractivity (Wildman–Crippen MR) is 104 cm³/mol. The first-order valence-electron chi connectivity index (χ1n) is 8.52. The molecule has 1 aromatic heterocycles. The number of rotatable bonds is 5. The fourth-order valence-corrected chi connectivity index (χ4v) is 3.64. The zero-order valence-corrected chi connectivity index (χ0v) is 16.4. The molecule has 1 aliphatic rings. The van der Waals surface area contributed by atoms with Crippen LogP contribution in [0.1, 0.15) is 29.2 Å². The number of nitrogens with one attached hydrogen (secondary N) is 1. The monoisotopic (exact) mass is 417 g/mol. The Morgan fingerprint density at radius 2 is 2.00 bits per heavy atom. The van der Waals surface area contributed by atoms with Crippen LogP contribution in [0, 0.1) is 0 Å². The molecule has 0 spiro atoms. The Balaban J connectivity index is 1.62. The molecular formula is C18H16ClN5O3S. The number of carbonyl (C=O) groups is 1. The van der Waals surface area contributed by atoms with Crippen LogP contribution in [0.5, 0.6) is 0 Å². The Labute approximate surface area is 166 Å². The van der Waals surface area contributed by atoms with Crippen molar-refractivity contribution >= 4 is 33.0 Å². The molecule has 0 bridgehead atoms. The van der Waals surface area contributed by atoms with Crippen LogP contribution >= 0.6 is 11.6 Å². The van der Waals surface area contributed by atoms with E-state index in [1.165, 1.54) is 18.2 Å². The predicted octanol–water partition coefficient (Wildman–Crippen LogP) is 2.98. The number of halogens is 1. The van der Waals surface area contributed by atoms with Gasteiger partial charge in [-0.05, 0) is 53.6 Å². The van der Waals surface area contributed by atoms with Gasteiger partial charge in [0.15, 0.2) is 15.7 Å². The molecule has 0 saturated heterocycles. The summed E-state index contributed by atoms with van der Waals surface area (Å²) in [7, 11) is -3.46. The lowest BCUT2D eigenvalue weighted by atomic mass is 10.1. The molecule has 0 aliphatic heterocycles. The maximum absolute atomic E-state index is 12.7. The molecule has 2 aromatic carbocycles. The summed E-state index contributed by atoms with van der Waals surface area (Å²) >= 11 is 6.10. The van der Waals surface area contributed by atoms with Gasteiger partial charge < -0.3 is 5.32 Å². The lowest BCUT2D eigenvalue weighted by Crippen LogP contribution is -2.13. The van der Waals surface area contributed by atoms with Crippen LogP contribution in [0.3, 0.4) is 0 Å². The van der Waals surface area contributed by atoms with E-state index < -0.39 is 15.7 Å². The van der Waals surface area contributed by atoms with Crippen LogP contribution in [-0.2, 0) is 9.84 Å². The minimum absolute atomic E-state index is 0.0272. The molecule has 10 heteroatoms. The van der Waals surface area contributed by atoms with Gasteiger partial charge in [0.2, 0.25) is 0 Å². The molecule has 3 aromatic rings. The van der Waals surface area contributed by atoms with Gasteiger partial charge in [-0.2, -0.15) is 0 Å². The summed E-state index contributed by atoms with van der Waals surface area (Å²) in [5.41, 5.74) is 1.37. The first-order valence-corrected chi connectivity index (χ1v) is 10.8. The summed E-state index contributed by atoms with van der Waals surface area (Å²) in [6.45, 7) is 0. The molecule has 1 fully saturated rings. The highest BCUT2D eigenvalue weighted by Crippen LogP contribution is 2.36. The van der Waals surface area contributed by atoms with Crippen molar-refractivity contribution in [3.8, 4) is 11.4 Å². The van der Waals surface area contributed by atoms with Crippen LogP contribution in [0.15, 0.2) is 47.4 Å². The third kappa shape index (κ3) is 3.76. The molecule has 0 atom stereocenters. The van der Waals surface area contributed by atoms with E-state index in [0.29, 0.717) is 17.6 Å². The molecule has 28 heavy (non-hydrogen) atoms. The van der Waals surface area contributed by atoms with Crippen LogP contribution < -0.4 is 5.32 Å². The van der Waals surface area contributed by atoms with Crippen LogP contribution in [-0.4, -0.2) is 40.8 Å². The van der Waals surface area contributed by atoms with E-state index >= 15 is 0 Å². The average Bonchev–Trinajstić information content (AvgIpc) is 3.37. The van der Waals surface area contributed by atoms with Gasteiger partial charge in [0.25, 0.3) is 5.91 Å². The van der Waals surface area contributed by atoms with Crippen LogP contribution in [0.2, 0.25) is 5.02 Å². The topological polar surface area (TPSA) is 107 Å². The number of tetrazole rings is 1. The van der Waals surface area contributed by atoms with Crippen molar-refractivity contribution < 1.29 is 13.2 Å². The number of sulfone groups is 1. The number of anilines is 1. The van der Waals surface area contributed by atoms with E-state index in [0.717, 1.165) is 24.7 Å². The lowest BCUT2D eigenvalue weighted by Gasteiger charge is -2.10. The zero-order chi connectivity index (χ0) is 19.9. The Morgan fingerprint density at radius 3 is 2.71 bits per heavy atom. The minimum atomic E-state index is -3.46. The number of hydrogen-bond acceptors (Lipinski definition) is 6. The second-order valence-electron chi connectivity index (χ2n) is 6.63. The third-order valence-corrected chi connectivity index (χ3v) is 5.81. The van der Waals surface area contributed by atoms with E-state index in [-0.39, 0.29) is 15.5 Å². The van der Waals surface area contributed by atoms with Crippen molar-refractivity contribution in [1.82, 2.24) is 20.2 Å². The molecule has 8 nitrogen and oxygen atoms in total. The maximum Gasteiger partial charge on any atom is 0.257 e. The lowest BCUT2D eigenvalue weighted by molar-refractivity contribution is 0.102. The quantitative estimate of drug-likeness (QED) is 0.683. The highest BCUT2D eigenvalue weighted by atomic mass is 35.5. The first-order chi connectivity index (χ1) is 13.3. The average molecular weight is 418 g/mol. The Hall–Kier alpha value is -2.78. The molecule has 1 saturated carbocycles. The number of carbonyl (C=O) groups excluding carboxylic acids is 1. The first kappa shape index (κ1) is 18.6. The number of amides is 1. The van der Waals surface area contributed by atoms with Gasteiger partial charge in [-0.25, -0.2) is 13.1 Å². The highest BCUT2D eigenvalue weighted by Gasteiger charge is 2.28. The molecule has 1 N–H and O–H groups in total. The van der Waals surface area contributed by atoms with E-state index in [1.807, 2.05) is 6.07 Å². The molecule has 144 valence electrons. The summed E-state index contributed by atoms with van der Waals surface area (Å²) in [6, 6.07) is 11.5. The molecular weight excluding hydrogens is 402 g/mol. The van der Waals surface area contributed by atoms with Gasteiger partial charge >= 0.3 is 0 Å². The second-order valence-corrected chi connectivity index (χ2v) is 9.05. The van der Waals surface area contributed by atoms with Gasteiger partial charge in [-0.1, -0.05) is 23.7 Å². The molecule has 1 heterocycles. The summed E-state index contributed by atoms with van der Waals surface area (Å²) < 4.78 is 25.3. The van der Waals surface area contributed by atoms with Crippen molar-refractivity contribution in [2.45, 2.75) is 23.8 Å². The Bertz CT molecular complexity index is 1170. The van der Waals surface area contributed by atoms with Gasteiger partial charge in [-0.15, -0.1) is 5.10 Å². The molecule has 4 rings (SSSR count). The minimum Gasteiger partial charge on any atom is -0.322 e. The van der Waals surface area contributed by atoms with Crippen molar-refractivity contribution in [3.05, 3.63) is 53.1 Å². The van der Waals surface area contributed by atoms with Gasteiger partial charge in [0, 0.05) is 17.5 Å². The van der Waals surface area contributed by atoms with Crippen molar-refractivity contribution in [3.63, 3.8) is 0 Å². The summed E-state index contributed by atoms with van der Waals surface area (Å²) in [5, 5.41) is 14.8. The van der Waals surface area contributed by atoms with Crippen molar-refractivity contribution in [2.24, 2.45) is 0 Å². The normalized spacial score (nSPS) is 14.1.